The fraction of sp³-hybridized carbons (Fsp3) is 0.267. The minimum atomic E-state index is -4.33. The SMILES string of the molecule is Cc1nc(N[C@H](C)c2ccc(C(F)(F)F)cc2)c2cn[nH]c2n1. The third kappa shape index (κ3) is 3.10. The Labute approximate surface area is 130 Å². The van der Waals surface area contributed by atoms with Gasteiger partial charge in [0.1, 0.15) is 11.6 Å². The van der Waals surface area contributed by atoms with E-state index >= 15 is 0 Å². The number of rotatable bonds is 3. The number of alkyl halides is 3. The van der Waals surface area contributed by atoms with Crippen LogP contribution in [0.1, 0.15) is 29.9 Å². The topological polar surface area (TPSA) is 66.5 Å². The van der Waals surface area contributed by atoms with Gasteiger partial charge in [-0.1, -0.05) is 12.1 Å². The van der Waals surface area contributed by atoms with Crippen molar-refractivity contribution in [3.8, 4) is 0 Å². The number of hydrogen-bond acceptors (Lipinski definition) is 4. The highest BCUT2D eigenvalue weighted by Crippen LogP contribution is 2.30. The molecule has 0 aliphatic heterocycles. The smallest absolute Gasteiger partial charge is 0.363 e. The minimum absolute atomic E-state index is 0.218. The van der Waals surface area contributed by atoms with Crippen LogP contribution >= 0.6 is 0 Å². The van der Waals surface area contributed by atoms with Crippen molar-refractivity contribution >= 4 is 16.9 Å². The summed E-state index contributed by atoms with van der Waals surface area (Å²) < 4.78 is 37.8. The molecule has 0 aliphatic carbocycles. The van der Waals surface area contributed by atoms with Gasteiger partial charge in [-0.25, -0.2) is 9.97 Å². The van der Waals surface area contributed by atoms with Crippen LogP contribution in [0.2, 0.25) is 0 Å². The number of nitrogens with zero attached hydrogens (tertiary/aromatic N) is 3. The van der Waals surface area contributed by atoms with Crippen molar-refractivity contribution in [2.75, 3.05) is 5.32 Å². The number of aryl methyl sites for hydroxylation is 1. The number of halogens is 3. The van der Waals surface area contributed by atoms with Crippen LogP contribution in [0.3, 0.4) is 0 Å². The van der Waals surface area contributed by atoms with Crippen LogP contribution in [-0.2, 0) is 6.18 Å². The molecule has 2 aromatic heterocycles. The number of anilines is 1. The Morgan fingerprint density at radius 3 is 2.48 bits per heavy atom. The molecular weight excluding hydrogens is 307 g/mol. The molecule has 2 N–H and O–H groups in total. The van der Waals surface area contributed by atoms with Gasteiger partial charge in [0.2, 0.25) is 0 Å². The molecule has 8 heteroatoms. The third-order valence-corrected chi connectivity index (χ3v) is 3.51. The summed E-state index contributed by atoms with van der Waals surface area (Å²) in [6, 6.07) is 4.85. The van der Waals surface area contributed by atoms with Crippen LogP contribution in [0.15, 0.2) is 30.5 Å². The number of aromatic nitrogens is 4. The van der Waals surface area contributed by atoms with Gasteiger partial charge in [-0.3, -0.25) is 5.10 Å². The number of nitrogens with one attached hydrogen (secondary N) is 2. The molecule has 0 amide bonds. The van der Waals surface area contributed by atoms with Gasteiger partial charge in [0.05, 0.1) is 17.1 Å². The van der Waals surface area contributed by atoms with E-state index in [0.29, 0.717) is 17.3 Å². The summed E-state index contributed by atoms with van der Waals surface area (Å²) in [4.78, 5) is 8.55. The first-order chi connectivity index (χ1) is 10.8. The Balaban J connectivity index is 1.86. The Morgan fingerprint density at radius 2 is 1.83 bits per heavy atom. The van der Waals surface area contributed by atoms with Gasteiger partial charge in [0.25, 0.3) is 0 Å². The minimum Gasteiger partial charge on any atom is -0.363 e. The molecule has 0 radical (unpaired) electrons. The highest BCUT2D eigenvalue weighted by atomic mass is 19.4. The van der Waals surface area contributed by atoms with Crippen LogP contribution in [-0.4, -0.2) is 20.2 Å². The zero-order valence-electron chi connectivity index (χ0n) is 12.4. The van der Waals surface area contributed by atoms with Crippen LogP contribution in [0.4, 0.5) is 19.0 Å². The fourth-order valence-electron chi connectivity index (χ4n) is 2.31. The molecular formula is C15H14F3N5. The van der Waals surface area contributed by atoms with Crippen molar-refractivity contribution in [1.29, 1.82) is 0 Å². The third-order valence-electron chi connectivity index (χ3n) is 3.51. The molecule has 3 rings (SSSR count). The first-order valence-corrected chi connectivity index (χ1v) is 6.96. The van der Waals surface area contributed by atoms with Crippen LogP contribution in [0, 0.1) is 6.92 Å². The monoisotopic (exact) mass is 321 g/mol. The van der Waals surface area contributed by atoms with Gasteiger partial charge in [-0.15, -0.1) is 0 Å². The molecule has 2 heterocycles. The van der Waals surface area contributed by atoms with Gasteiger partial charge in [-0.05, 0) is 31.5 Å². The van der Waals surface area contributed by atoms with E-state index in [1.165, 1.54) is 12.1 Å². The van der Waals surface area contributed by atoms with Crippen molar-refractivity contribution in [3.63, 3.8) is 0 Å². The van der Waals surface area contributed by atoms with Crippen molar-refractivity contribution in [3.05, 3.63) is 47.4 Å². The van der Waals surface area contributed by atoms with Gasteiger partial charge in [0.15, 0.2) is 5.65 Å². The summed E-state index contributed by atoms with van der Waals surface area (Å²) >= 11 is 0. The van der Waals surface area contributed by atoms with E-state index in [-0.39, 0.29) is 6.04 Å². The highest BCUT2D eigenvalue weighted by Gasteiger charge is 2.30. The predicted molar refractivity (Wildman–Crippen MR) is 79.9 cm³/mol. The van der Waals surface area contributed by atoms with E-state index in [9.17, 15) is 13.2 Å². The first kappa shape index (κ1) is 15.3. The maximum Gasteiger partial charge on any atom is 0.416 e. The second-order valence-electron chi connectivity index (χ2n) is 5.24. The molecule has 0 spiro atoms. The lowest BCUT2D eigenvalue weighted by molar-refractivity contribution is -0.137. The van der Waals surface area contributed by atoms with Crippen LogP contribution in [0.5, 0.6) is 0 Å². The second-order valence-corrected chi connectivity index (χ2v) is 5.24. The van der Waals surface area contributed by atoms with Crippen LogP contribution in [0.25, 0.3) is 11.0 Å². The van der Waals surface area contributed by atoms with Gasteiger partial charge in [0, 0.05) is 6.04 Å². The average Bonchev–Trinajstić information content (AvgIpc) is 2.94. The van der Waals surface area contributed by atoms with E-state index in [0.717, 1.165) is 23.1 Å². The van der Waals surface area contributed by atoms with Gasteiger partial charge < -0.3 is 5.32 Å². The number of fused-ring (bicyclic) bond motifs is 1. The molecule has 23 heavy (non-hydrogen) atoms. The molecule has 3 aromatic rings. The lowest BCUT2D eigenvalue weighted by Gasteiger charge is -2.16. The lowest BCUT2D eigenvalue weighted by atomic mass is 10.1. The molecule has 0 fully saturated rings. The van der Waals surface area contributed by atoms with Crippen molar-refractivity contribution < 1.29 is 13.2 Å². The predicted octanol–water partition coefficient (Wildman–Crippen LogP) is 3.85. The normalized spacial score (nSPS) is 13.3. The number of hydrogen-bond donors (Lipinski definition) is 2. The maximum atomic E-state index is 12.6. The van der Waals surface area contributed by atoms with Gasteiger partial charge >= 0.3 is 6.18 Å². The Morgan fingerprint density at radius 1 is 1.13 bits per heavy atom. The van der Waals surface area contributed by atoms with Crippen molar-refractivity contribution in [2.24, 2.45) is 0 Å². The van der Waals surface area contributed by atoms with Crippen LogP contribution < -0.4 is 5.32 Å². The summed E-state index contributed by atoms with van der Waals surface area (Å²) in [5.41, 5.74) is 0.675. The first-order valence-electron chi connectivity index (χ1n) is 6.96. The molecule has 1 aromatic carbocycles. The number of aromatic amines is 1. The summed E-state index contributed by atoms with van der Waals surface area (Å²) in [7, 11) is 0. The molecule has 0 bridgehead atoms. The van der Waals surface area contributed by atoms with E-state index in [4.69, 9.17) is 0 Å². The standard InChI is InChI=1S/C15H14F3N5/c1-8(10-3-5-11(6-4-10)15(16,17)18)20-13-12-7-19-23-14(12)22-9(2)21-13/h3-8H,1-2H3,(H2,19,20,21,22,23)/t8-/m1/s1. The van der Waals surface area contributed by atoms with Crippen molar-refractivity contribution in [1.82, 2.24) is 20.2 Å². The highest BCUT2D eigenvalue weighted by molar-refractivity contribution is 5.85. The number of H-pyrrole nitrogens is 1. The number of benzene rings is 1. The molecule has 0 saturated carbocycles. The van der Waals surface area contributed by atoms with E-state index in [1.807, 2.05) is 6.92 Å². The van der Waals surface area contributed by atoms with E-state index in [1.54, 1.807) is 13.1 Å². The lowest BCUT2D eigenvalue weighted by Crippen LogP contribution is -2.10. The summed E-state index contributed by atoms with van der Waals surface area (Å²) in [5, 5.41) is 10.6. The maximum absolute atomic E-state index is 12.6. The van der Waals surface area contributed by atoms with Crippen molar-refractivity contribution in [2.45, 2.75) is 26.1 Å². The average molecular weight is 321 g/mol. The molecule has 0 unspecified atom stereocenters. The second kappa shape index (κ2) is 5.53. The van der Waals surface area contributed by atoms with E-state index < -0.39 is 11.7 Å². The molecule has 0 saturated heterocycles. The largest absolute Gasteiger partial charge is 0.416 e. The molecule has 1 atom stereocenters. The zero-order valence-corrected chi connectivity index (χ0v) is 12.4. The summed E-state index contributed by atoms with van der Waals surface area (Å²) in [5.74, 6) is 1.16. The molecule has 0 aliphatic rings. The summed E-state index contributed by atoms with van der Waals surface area (Å²) in [6.07, 6.45) is -2.72. The Hall–Kier alpha value is -2.64. The van der Waals surface area contributed by atoms with E-state index in [2.05, 4.69) is 25.5 Å². The summed E-state index contributed by atoms with van der Waals surface area (Å²) in [6.45, 7) is 3.61. The zero-order chi connectivity index (χ0) is 16.6. The Bertz CT molecular complexity index is 823. The fourth-order valence-corrected chi connectivity index (χ4v) is 2.31. The molecule has 120 valence electrons. The molecule has 5 nitrogen and oxygen atoms in total. The quantitative estimate of drug-likeness (QED) is 0.769. The Kier molecular flexibility index (Phi) is 3.67. The van der Waals surface area contributed by atoms with Gasteiger partial charge in [-0.2, -0.15) is 18.3 Å².